The minimum atomic E-state index is -0.0370. The van der Waals surface area contributed by atoms with Crippen LogP contribution in [0.5, 0.6) is 0 Å². The van der Waals surface area contributed by atoms with Gasteiger partial charge >= 0.3 is 0 Å². The molecule has 10 aromatic rings. The predicted molar refractivity (Wildman–Crippen MR) is 221 cm³/mol. The maximum absolute atomic E-state index is 5.22. The van der Waals surface area contributed by atoms with E-state index in [0.29, 0.717) is 17.5 Å². The zero-order valence-electron chi connectivity index (χ0n) is 29.2. The standard InChI is InChI=1S/C48H32N4S/c1-48(2)39-20-9-6-15-32(39)37-28-31(24-25-40(37)48)52-41-21-10-7-16-33(41)38-27-30(23-26-42(38)52)46-49-45(29-13-4-3-5-14-29)50-47(51-46)36-19-12-18-35-34-17-8-11-22-43(34)53-44(35)36/h3-28H,1-2H3. The normalized spacial score (nSPS) is 13.2. The lowest BCUT2D eigenvalue weighted by Crippen LogP contribution is -2.14. The van der Waals surface area contributed by atoms with Crippen molar-refractivity contribution in [2.24, 2.45) is 0 Å². The van der Waals surface area contributed by atoms with Gasteiger partial charge in [0.15, 0.2) is 17.5 Å². The summed E-state index contributed by atoms with van der Waals surface area (Å²) in [5.41, 5.74) is 11.7. The molecule has 0 amide bonds. The molecule has 0 saturated heterocycles. The molecule has 0 N–H and O–H groups in total. The van der Waals surface area contributed by atoms with Gasteiger partial charge in [0.05, 0.1) is 11.0 Å². The van der Waals surface area contributed by atoms with Gasteiger partial charge in [0.25, 0.3) is 0 Å². The summed E-state index contributed by atoms with van der Waals surface area (Å²) >= 11 is 1.79. The number of thiophene rings is 1. The third kappa shape index (κ3) is 4.51. The number of rotatable bonds is 4. The summed E-state index contributed by atoms with van der Waals surface area (Å²) in [6.07, 6.45) is 0. The van der Waals surface area contributed by atoms with Crippen molar-refractivity contribution in [1.82, 2.24) is 19.5 Å². The van der Waals surface area contributed by atoms with Crippen molar-refractivity contribution in [2.75, 3.05) is 0 Å². The molecule has 7 aromatic carbocycles. The number of hydrogen-bond donors (Lipinski definition) is 0. The average Bonchev–Trinajstić information content (AvgIpc) is 3.83. The number of hydrogen-bond acceptors (Lipinski definition) is 4. The predicted octanol–water partition coefficient (Wildman–Crippen LogP) is 12.6. The first-order valence-electron chi connectivity index (χ1n) is 18.0. The third-order valence-electron chi connectivity index (χ3n) is 11.1. The lowest BCUT2D eigenvalue weighted by molar-refractivity contribution is 0.660. The molecule has 11 rings (SSSR count). The Labute approximate surface area is 310 Å². The van der Waals surface area contributed by atoms with Crippen LogP contribution in [-0.4, -0.2) is 19.5 Å². The molecule has 0 radical (unpaired) electrons. The minimum Gasteiger partial charge on any atom is -0.309 e. The number of aromatic nitrogens is 4. The quantitative estimate of drug-likeness (QED) is 0.184. The molecule has 0 aliphatic heterocycles. The molecule has 3 aromatic heterocycles. The van der Waals surface area contributed by atoms with Crippen LogP contribution in [0, 0.1) is 0 Å². The molecule has 0 fully saturated rings. The summed E-state index contributed by atoms with van der Waals surface area (Å²) in [4.78, 5) is 15.5. The zero-order valence-corrected chi connectivity index (χ0v) is 30.0. The van der Waals surface area contributed by atoms with Gasteiger partial charge in [0.1, 0.15) is 0 Å². The smallest absolute Gasteiger partial charge is 0.165 e. The fourth-order valence-corrected chi connectivity index (χ4v) is 9.71. The van der Waals surface area contributed by atoms with Gasteiger partial charge in [-0.1, -0.05) is 123 Å². The third-order valence-corrected chi connectivity index (χ3v) is 12.3. The Morgan fingerprint density at radius 1 is 0.453 bits per heavy atom. The van der Waals surface area contributed by atoms with E-state index in [1.807, 2.05) is 18.2 Å². The van der Waals surface area contributed by atoms with E-state index >= 15 is 0 Å². The lowest BCUT2D eigenvalue weighted by atomic mass is 9.82. The fraction of sp³-hybridized carbons (Fsp3) is 0.0625. The number of nitrogens with zero attached hydrogens (tertiary/aromatic N) is 4. The van der Waals surface area contributed by atoms with Gasteiger partial charge in [-0.3, -0.25) is 0 Å². The van der Waals surface area contributed by atoms with Crippen LogP contribution in [0.1, 0.15) is 25.0 Å². The molecule has 0 bridgehead atoms. The minimum absolute atomic E-state index is 0.0370. The highest BCUT2D eigenvalue weighted by atomic mass is 32.1. The molecule has 1 aliphatic rings. The van der Waals surface area contributed by atoms with Crippen LogP contribution in [0.15, 0.2) is 158 Å². The second-order valence-corrected chi connectivity index (χ2v) is 15.5. The van der Waals surface area contributed by atoms with Gasteiger partial charge in [-0.25, -0.2) is 15.0 Å². The second kappa shape index (κ2) is 11.3. The summed E-state index contributed by atoms with van der Waals surface area (Å²) in [6, 6.07) is 56.4. The summed E-state index contributed by atoms with van der Waals surface area (Å²) in [7, 11) is 0. The number of fused-ring (bicyclic) bond motifs is 9. The van der Waals surface area contributed by atoms with Crippen LogP contribution in [0.3, 0.4) is 0 Å². The molecule has 3 heterocycles. The number of para-hydroxylation sites is 1. The molecular weight excluding hydrogens is 665 g/mol. The van der Waals surface area contributed by atoms with Gasteiger partial charge in [0, 0.05) is 58.7 Å². The molecular formula is C48H32N4S. The lowest BCUT2D eigenvalue weighted by Gasteiger charge is -2.21. The van der Waals surface area contributed by atoms with Gasteiger partial charge in [-0.2, -0.15) is 0 Å². The number of benzene rings is 7. The first-order chi connectivity index (χ1) is 26.0. The van der Waals surface area contributed by atoms with Crippen molar-refractivity contribution in [3.63, 3.8) is 0 Å². The molecule has 4 nitrogen and oxygen atoms in total. The van der Waals surface area contributed by atoms with Crippen molar-refractivity contribution in [1.29, 1.82) is 0 Å². The molecule has 1 aliphatic carbocycles. The van der Waals surface area contributed by atoms with Crippen molar-refractivity contribution >= 4 is 53.3 Å². The molecule has 5 heteroatoms. The van der Waals surface area contributed by atoms with Crippen LogP contribution in [0.25, 0.3) is 93.0 Å². The highest BCUT2D eigenvalue weighted by Crippen LogP contribution is 2.49. The van der Waals surface area contributed by atoms with Crippen LogP contribution in [-0.2, 0) is 5.41 Å². The summed E-state index contributed by atoms with van der Waals surface area (Å²) in [6.45, 7) is 4.66. The Morgan fingerprint density at radius 3 is 2.00 bits per heavy atom. The van der Waals surface area contributed by atoms with Crippen LogP contribution < -0.4 is 0 Å². The Kier molecular flexibility index (Phi) is 6.43. The van der Waals surface area contributed by atoms with Crippen LogP contribution in [0.4, 0.5) is 0 Å². The summed E-state index contributed by atoms with van der Waals surface area (Å²) < 4.78 is 4.84. The van der Waals surface area contributed by atoms with E-state index in [1.54, 1.807) is 11.3 Å². The highest BCUT2D eigenvalue weighted by molar-refractivity contribution is 7.26. The first kappa shape index (κ1) is 30.2. The molecule has 0 saturated carbocycles. The summed E-state index contributed by atoms with van der Waals surface area (Å²) in [5.74, 6) is 1.99. The van der Waals surface area contributed by atoms with Gasteiger partial charge < -0.3 is 4.57 Å². The van der Waals surface area contributed by atoms with Crippen molar-refractivity contribution < 1.29 is 0 Å². The fourth-order valence-electron chi connectivity index (χ4n) is 8.50. The molecule has 53 heavy (non-hydrogen) atoms. The average molecular weight is 697 g/mol. The van der Waals surface area contributed by atoms with Crippen LogP contribution in [0.2, 0.25) is 0 Å². The van der Waals surface area contributed by atoms with Crippen molar-refractivity contribution in [3.05, 3.63) is 169 Å². The first-order valence-corrected chi connectivity index (χ1v) is 18.9. The largest absolute Gasteiger partial charge is 0.309 e. The van der Waals surface area contributed by atoms with E-state index in [-0.39, 0.29) is 5.41 Å². The van der Waals surface area contributed by atoms with E-state index in [1.165, 1.54) is 53.3 Å². The zero-order chi connectivity index (χ0) is 35.3. The van der Waals surface area contributed by atoms with E-state index in [9.17, 15) is 0 Å². The van der Waals surface area contributed by atoms with E-state index in [4.69, 9.17) is 15.0 Å². The SMILES string of the molecule is CC1(C)c2ccccc2-c2cc(-n3c4ccccc4c4cc(-c5nc(-c6ccccc6)nc(-c6cccc7c6sc6ccccc67)n5)ccc43)ccc21. The van der Waals surface area contributed by atoms with Gasteiger partial charge in [0.2, 0.25) is 0 Å². The van der Waals surface area contributed by atoms with E-state index in [2.05, 4.69) is 158 Å². The van der Waals surface area contributed by atoms with E-state index in [0.717, 1.165) is 33.3 Å². The Hall–Kier alpha value is -6.43. The molecule has 0 spiro atoms. The van der Waals surface area contributed by atoms with Crippen molar-refractivity contribution in [2.45, 2.75) is 19.3 Å². The highest BCUT2D eigenvalue weighted by Gasteiger charge is 2.35. The summed E-state index contributed by atoms with van der Waals surface area (Å²) in [5, 5.41) is 4.83. The Morgan fingerprint density at radius 2 is 1.11 bits per heavy atom. The topological polar surface area (TPSA) is 43.6 Å². The molecule has 0 atom stereocenters. The van der Waals surface area contributed by atoms with Crippen LogP contribution >= 0.6 is 11.3 Å². The van der Waals surface area contributed by atoms with Gasteiger partial charge in [-0.15, -0.1) is 11.3 Å². The Balaban J connectivity index is 1.11. The maximum atomic E-state index is 5.22. The monoisotopic (exact) mass is 696 g/mol. The van der Waals surface area contributed by atoms with Crippen molar-refractivity contribution in [3.8, 4) is 51.0 Å². The second-order valence-electron chi connectivity index (χ2n) is 14.4. The van der Waals surface area contributed by atoms with Gasteiger partial charge in [-0.05, 0) is 70.8 Å². The molecule has 0 unspecified atom stereocenters. The Bertz CT molecular complexity index is 3100. The maximum Gasteiger partial charge on any atom is 0.165 e. The van der Waals surface area contributed by atoms with E-state index < -0.39 is 0 Å². The molecule has 250 valence electrons.